The zero-order chi connectivity index (χ0) is 13.8. The number of rotatable bonds is 6. The molecule has 0 fully saturated rings. The molecule has 0 saturated carbocycles. The van der Waals surface area contributed by atoms with Crippen LogP contribution in [-0.4, -0.2) is 24.9 Å². The molecule has 0 atom stereocenters. The zero-order valence-electron chi connectivity index (χ0n) is 11.3. The number of hydrogen-bond acceptors (Lipinski definition) is 4. The highest BCUT2D eigenvalue weighted by Gasteiger charge is 2.21. The van der Waals surface area contributed by atoms with Crippen LogP contribution in [0.5, 0.6) is 0 Å². The number of nitrogens with two attached hydrogens (primary N) is 1. The average molecular weight is 261 g/mol. The fourth-order valence-electron chi connectivity index (χ4n) is 2.03. The SMILES string of the molecule is CCOCc1cc2c(cc1COCC)C(N)=NC2=N. The van der Waals surface area contributed by atoms with Crippen LogP contribution in [0.4, 0.5) is 0 Å². The van der Waals surface area contributed by atoms with E-state index in [1.807, 2.05) is 26.0 Å². The highest BCUT2D eigenvalue weighted by atomic mass is 16.5. The first-order valence-corrected chi connectivity index (χ1v) is 6.42. The quantitative estimate of drug-likeness (QED) is 0.819. The summed E-state index contributed by atoms with van der Waals surface area (Å²) in [6, 6.07) is 3.89. The van der Waals surface area contributed by atoms with Crippen LogP contribution in [0.25, 0.3) is 0 Å². The van der Waals surface area contributed by atoms with Crippen molar-refractivity contribution in [1.29, 1.82) is 5.41 Å². The van der Waals surface area contributed by atoms with Crippen LogP contribution in [-0.2, 0) is 22.7 Å². The number of fused-ring (bicyclic) bond motifs is 1. The van der Waals surface area contributed by atoms with Gasteiger partial charge in [0.15, 0.2) is 5.84 Å². The minimum absolute atomic E-state index is 0.216. The van der Waals surface area contributed by atoms with Crippen LogP contribution in [0, 0.1) is 5.41 Å². The van der Waals surface area contributed by atoms with Gasteiger partial charge in [-0.15, -0.1) is 0 Å². The summed E-state index contributed by atoms with van der Waals surface area (Å²) in [4.78, 5) is 4.00. The van der Waals surface area contributed by atoms with Crippen LogP contribution < -0.4 is 5.73 Å². The number of amidine groups is 2. The van der Waals surface area contributed by atoms with E-state index in [4.69, 9.17) is 20.6 Å². The van der Waals surface area contributed by atoms with E-state index in [0.29, 0.717) is 32.3 Å². The van der Waals surface area contributed by atoms with Crippen molar-refractivity contribution >= 4 is 11.7 Å². The third kappa shape index (κ3) is 2.83. The minimum Gasteiger partial charge on any atom is -0.383 e. The van der Waals surface area contributed by atoms with Crippen molar-refractivity contribution in [2.75, 3.05) is 13.2 Å². The molecule has 1 aromatic carbocycles. The average Bonchev–Trinajstić information content (AvgIpc) is 2.68. The molecule has 0 unspecified atom stereocenters. The highest BCUT2D eigenvalue weighted by Crippen LogP contribution is 2.23. The fraction of sp³-hybridized carbons (Fsp3) is 0.429. The van der Waals surface area contributed by atoms with Crippen molar-refractivity contribution in [2.45, 2.75) is 27.1 Å². The molecule has 102 valence electrons. The summed E-state index contributed by atoms with van der Waals surface area (Å²) in [5, 5.41) is 7.80. The molecule has 1 aliphatic rings. The predicted molar refractivity (Wildman–Crippen MR) is 74.7 cm³/mol. The summed E-state index contributed by atoms with van der Waals surface area (Å²) in [5.74, 6) is 0.619. The van der Waals surface area contributed by atoms with Crippen molar-refractivity contribution in [3.63, 3.8) is 0 Å². The van der Waals surface area contributed by atoms with Gasteiger partial charge >= 0.3 is 0 Å². The van der Waals surface area contributed by atoms with Crippen LogP contribution in [0.15, 0.2) is 17.1 Å². The summed E-state index contributed by atoms with van der Waals surface area (Å²) >= 11 is 0. The van der Waals surface area contributed by atoms with E-state index in [1.54, 1.807) is 0 Å². The van der Waals surface area contributed by atoms with Crippen LogP contribution in [0.3, 0.4) is 0 Å². The highest BCUT2D eigenvalue weighted by molar-refractivity contribution is 6.21. The summed E-state index contributed by atoms with van der Waals surface area (Å²) in [5.41, 5.74) is 9.49. The second-order valence-corrected chi connectivity index (χ2v) is 4.29. The maximum absolute atomic E-state index is 7.80. The Balaban J connectivity index is 2.36. The third-order valence-electron chi connectivity index (χ3n) is 3.03. The van der Waals surface area contributed by atoms with Gasteiger partial charge in [-0.2, -0.15) is 0 Å². The van der Waals surface area contributed by atoms with E-state index in [1.165, 1.54) is 0 Å². The lowest BCUT2D eigenvalue weighted by molar-refractivity contribution is 0.119. The van der Waals surface area contributed by atoms with Gasteiger partial charge in [0.25, 0.3) is 0 Å². The van der Waals surface area contributed by atoms with Gasteiger partial charge in [-0.1, -0.05) is 0 Å². The lowest BCUT2D eigenvalue weighted by Crippen LogP contribution is -2.12. The van der Waals surface area contributed by atoms with Crippen LogP contribution in [0.2, 0.25) is 0 Å². The molecular formula is C14H19N3O2. The maximum atomic E-state index is 7.80. The lowest BCUT2D eigenvalue weighted by atomic mass is 9.99. The van der Waals surface area contributed by atoms with E-state index in [0.717, 1.165) is 22.3 Å². The first-order chi connectivity index (χ1) is 9.17. The Morgan fingerprint density at radius 1 is 1.05 bits per heavy atom. The Kier molecular flexibility index (Phi) is 4.29. The molecule has 0 spiro atoms. The Morgan fingerprint density at radius 3 is 2.11 bits per heavy atom. The standard InChI is InChI=1S/C14H19N3O2/c1-3-18-7-9-5-11-12(14(16)17-13(11)15)6-10(9)8-19-4-2/h5-6H,3-4,7-8H2,1-2H3,(H3,15,16,17). The normalized spacial score (nSPS) is 13.6. The summed E-state index contributed by atoms with van der Waals surface area (Å²) < 4.78 is 10.9. The topological polar surface area (TPSA) is 80.7 Å². The Hall–Kier alpha value is -1.72. The number of hydrogen-bond donors (Lipinski definition) is 2. The van der Waals surface area contributed by atoms with Gasteiger partial charge in [0.05, 0.1) is 13.2 Å². The Labute approximate surface area is 112 Å². The molecule has 0 saturated heterocycles. The molecule has 5 nitrogen and oxygen atoms in total. The number of aliphatic imine (C=N–C) groups is 1. The molecule has 19 heavy (non-hydrogen) atoms. The molecule has 0 amide bonds. The molecule has 1 aromatic rings. The summed E-state index contributed by atoms with van der Waals surface area (Å²) in [6.45, 7) is 6.26. The van der Waals surface area contributed by atoms with Gasteiger partial charge in [0.2, 0.25) is 0 Å². The molecule has 0 aromatic heterocycles. The van der Waals surface area contributed by atoms with Crippen LogP contribution in [0.1, 0.15) is 36.1 Å². The minimum atomic E-state index is 0.216. The monoisotopic (exact) mass is 261 g/mol. The molecule has 3 N–H and O–H groups in total. The van der Waals surface area contributed by atoms with E-state index in [2.05, 4.69) is 4.99 Å². The van der Waals surface area contributed by atoms with Gasteiger partial charge < -0.3 is 15.2 Å². The van der Waals surface area contributed by atoms with E-state index in [9.17, 15) is 0 Å². The van der Waals surface area contributed by atoms with E-state index < -0.39 is 0 Å². The van der Waals surface area contributed by atoms with Gasteiger partial charge in [0, 0.05) is 24.3 Å². The van der Waals surface area contributed by atoms with Gasteiger partial charge in [-0.05, 0) is 37.1 Å². The van der Waals surface area contributed by atoms with Gasteiger partial charge in [-0.3, -0.25) is 5.41 Å². The molecule has 0 aliphatic carbocycles. The Bertz CT molecular complexity index is 524. The van der Waals surface area contributed by atoms with E-state index >= 15 is 0 Å². The van der Waals surface area contributed by atoms with Crippen molar-refractivity contribution in [3.8, 4) is 0 Å². The van der Waals surface area contributed by atoms with Gasteiger partial charge in [-0.25, -0.2) is 4.99 Å². The Morgan fingerprint density at radius 2 is 1.58 bits per heavy atom. The third-order valence-corrected chi connectivity index (χ3v) is 3.03. The molecule has 0 radical (unpaired) electrons. The molecular weight excluding hydrogens is 242 g/mol. The van der Waals surface area contributed by atoms with Crippen molar-refractivity contribution in [2.24, 2.45) is 10.7 Å². The molecule has 2 rings (SSSR count). The second kappa shape index (κ2) is 5.95. The zero-order valence-corrected chi connectivity index (χ0v) is 11.3. The van der Waals surface area contributed by atoms with Gasteiger partial charge in [0.1, 0.15) is 5.84 Å². The summed E-state index contributed by atoms with van der Waals surface area (Å²) in [6.07, 6.45) is 0. The van der Waals surface area contributed by atoms with Crippen molar-refractivity contribution < 1.29 is 9.47 Å². The second-order valence-electron chi connectivity index (χ2n) is 4.29. The van der Waals surface area contributed by atoms with Crippen molar-refractivity contribution in [1.82, 2.24) is 0 Å². The fourth-order valence-corrected chi connectivity index (χ4v) is 2.03. The number of nitrogens with zero attached hydrogens (tertiary/aromatic N) is 1. The predicted octanol–water partition coefficient (Wildman–Crippen LogP) is 1.80. The first-order valence-electron chi connectivity index (χ1n) is 6.42. The molecule has 1 aliphatic heterocycles. The van der Waals surface area contributed by atoms with Crippen LogP contribution >= 0.6 is 0 Å². The number of ether oxygens (including phenoxy) is 2. The number of benzene rings is 1. The largest absolute Gasteiger partial charge is 0.383 e. The number of nitrogens with one attached hydrogen (secondary N) is 1. The summed E-state index contributed by atoms with van der Waals surface area (Å²) in [7, 11) is 0. The first kappa shape index (κ1) is 13.7. The van der Waals surface area contributed by atoms with Crippen molar-refractivity contribution in [3.05, 3.63) is 34.4 Å². The lowest BCUT2D eigenvalue weighted by Gasteiger charge is -2.12. The molecule has 5 heteroatoms. The molecule has 0 bridgehead atoms. The molecule has 1 heterocycles. The maximum Gasteiger partial charge on any atom is 0.154 e. The smallest absolute Gasteiger partial charge is 0.154 e. The van der Waals surface area contributed by atoms with E-state index in [-0.39, 0.29) is 5.84 Å².